The van der Waals surface area contributed by atoms with Crippen molar-refractivity contribution in [2.75, 3.05) is 13.4 Å². The van der Waals surface area contributed by atoms with Crippen LogP contribution in [0, 0.1) is 0 Å². The SMILES string of the molecule is COc1cc(B2OC(C)(C)C(C)(C)O2)c(S(C)=O)cn1. The van der Waals surface area contributed by atoms with Crippen LogP contribution in [0.1, 0.15) is 27.7 Å². The predicted octanol–water partition coefficient (Wildman–Crippen LogP) is 1.13. The maximum absolute atomic E-state index is 11.9. The second-order valence-electron chi connectivity index (χ2n) is 5.81. The summed E-state index contributed by atoms with van der Waals surface area (Å²) in [6.45, 7) is 7.92. The number of rotatable bonds is 3. The third kappa shape index (κ3) is 2.62. The zero-order valence-corrected chi connectivity index (χ0v) is 13.5. The Hall–Kier alpha value is -0.915. The number of ether oxygens (including phenoxy) is 1. The van der Waals surface area contributed by atoms with Crippen molar-refractivity contribution in [3.05, 3.63) is 12.3 Å². The quantitative estimate of drug-likeness (QED) is 0.783. The smallest absolute Gasteiger partial charge is 0.481 e. The second kappa shape index (κ2) is 5.13. The van der Waals surface area contributed by atoms with Gasteiger partial charge in [0, 0.05) is 24.0 Å². The molecule has 0 bridgehead atoms. The first-order chi connectivity index (χ1) is 9.18. The van der Waals surface area contributed by atoms with E-state index in [9.17, 15) is 4.21 Å². The molecule has 1 aromatic heterocycles. The lowest BCUT2D eigenvalue weighted by Crippen LogP contribution is -2.41. The average molecular weight is 297 g/mol. The maximum Gasteiger partial charge on any atom is 0.496 e. The predicted molar refractivity (Wildman–Crippen MR) is 78.8 cm³/mol. The van der Waals surface area contributed by atoms with Crippen molar-refractivity contribution in [1.29, 1.82) is 0 Å². The van der Waals surface area contributed by atoms with Gasteiger partial charge in [-0.3, -0.25) is 4.21 Å². The Morgan fingerprint density at radius 1 is 1.25 bits per heavy atom. The molecule has 7 heteroatoms. The molecule has 1 unspecified atom stereocenters. The van der Waals surface area contributed by atoms with Crippen LogP contribution in [0.3, 0.4) is 0 Å². The lowest BCUT2D eigenvalue weighted by molar-refractivity contribution is 0.00578. The highest BCUT2D eigenvalue weighted by Crippen LogP contribution is 2.36. The van der Waals surface area contributed by atoms with Gasteiger partial charge in [0.2, 0.25) is 5.88 Å². The molecule has 0 amide bonds. The van der Waals surface area contributed by atoms with E-state index < -0.39 is 29.1 Å². The summed E-state index contributed by atoms with van der Waals surface area (Å²) in [5.41, 5.74) is -0.183. The molecule has 0 aromatic carbocycles. The monoisotopic (exact) mass is 297 g/mol. The third-order valence-corrected chi connectivity index (χ3v) is 4.86. The third-order valence-electron chi connectivity index (χ3n) is 3.90. The first-order valence-corrected chi connectivity index (χ1v) is 7.97. The highest BCUT2D eigenvalue weighted by atomic mass is 32.2. The number of methoxy groups -OCH3 is 1. The van der Waals surface area contributed by atoms with E-state index in [0.29, 0.717) is 16.2 Å². The minimum absolute atomic E-state index is 0.444. The van der Waals surface area contributed by atoms with Crippen LogP contribution in [0.5, 0.6) is 5.88 Å². The van der Waals surface area contributed by atoms with Gasteiger partial charge in [-0.15, -0.1) is 0 Å². The normalized spacial score (nSPS) is 21.8. The van der Waals surface area contributed by atoms with Crippen molar-refractivity contribution in [1.82, 2.24) is 4.98 Å². The topological polar surface area (TPSA) is 57.7 Å². The Labute approximate surface area is 122 Å². The Kier molecular flexibility index (Phi) is 3.97. The van der Waals surface area contributed by atoms with Gasteiger partial charge in [-0.2, -0.15) is 0 Å². The van der Waals surface area contributed by atoms with Gasteiger partial charge in [0.15, 0.2) is 0 Å². The summed E-state index contributed by atoms with van der Waals surface area (Å²) in [5.74, 6) is 0.448. The Morgan fingerprint density at radius 3 is 2.25 bits per heavy atom. The lowest BCUT2D eigenvalue weighted by Gasteiger charge is -2.32. The molecule has 1 aromatic rings. The molecule has 0 saturated carbocycles. The van der Waals surface area contributed by atoms with Gasteiger partial charge >= 0.3 is 7.12 Å². The van der Waals surface area contributed by atoms with Gasteiger partial charge < -0.3 is 14.0 Å². The summed E-state index contributed by atoms with van der Waals surface area (Å²) in [7, 11) is -0.207. The highest BCUT2D eigenvalue weighted by molar-refractivity contribution is 7.84. The standard InChI is InChI=1S/C13H20BNO4S/c1-12(2)13(3,4)19-14(18-12)9-7-11(17-5)15-8-10(9)20(6)16/h7-8H,1-6H3. The number of hydrogen-bond acceptors (Lipinski definition) is 5. The van der Waals surface area contributed by atoms with E-state index in [1.54, 1.807) is 25.6 Å². The zero-order valence-electron chi connectivity index (χ0n) is 12.7. The fraction of sp³-hybridized carbons (Fsp3) is 0.615. The lowest BCUT2D eigenvalue weighted by atomic mass is 9.79. The second-order valence-corrected chi connectivity index (χ2v) is 7.15. The molecule has 1 aliphatic rings. The van der Waals surface area contributed by atoms with Gasteiger partial charge in [0.25, 0.3) is 0 Å². The minimum atomic E-state index is -1.17. The number of pyridine rings is 1. The summed E-state index contributed by atoms with van der Waals surface area (Å²) in [4.78, 5) is 4.70. The van der Waals surface area contributed by atoms with Crippen LogP contribution in [0.2, 0.25) is 0 Å². The summed E-state index contributed by atoms with van der Waals surface area (Å²) < 4.78 is 29.0. The zero-order chi connectivity index (χ0) is 15.1. The van der Waals surface area contributed by atoms with Crippen molar-refractivity contribution in [3.63, 3.8) is 0 Å². The molecule has 1 atom stereocenters. The number of aromatic nitrogens is 1. The minimum Gasteiger partial charge on any atom is -0.481 e. The van der Waals surface area contributed by atoms with E-state index in [0.717, 1.165) is 0 Å². The maximum atomic E-state index is 11.9. The van der Waals surface area contributed by atoms with Gasteiger partial charge in [0.05, 0.1) is 34.0 Å². The summed E-state index contributed by atoms with van der Waals surface area (Å²) in [6.07, 6.45) is 3.16. The van der Waals surface area contributed by atoms with Crippen LogP contribution in [-0.4, -0.2) is 40.9 Å². The van der Waals surface area contributed by atoms with Crippen LogP contribution >= 0.6 is 0 Å². The summed E-state index contributed by atoms with van der Waals surface area (Å²) >= 11 is 0. The molecule has 0 N–H and O–H groups in total. The fourth-order valence-electron chi connectivity index (χ4n) is 1.94. The van der Waals surface area contributed by atoms with Crippen LogP contribution < -0.4 is 10.2 Å². The largest absolute Gasteiger partial charge is 0.496 e. The van der Waals surface area contributed by atoms with Gasteiger partial charge in [-0.1, -0.05) is 0 Å². The van der Waals surface area contributed by atoms with Crippen molar-refractivity contribution < 1.29 is 18.3 Å². The molecular weight excluding hydrogens is 277 g/mol. The van der Waals surface area contributed by atoms with E-state index in [1.165, 1.54) is 0 Å². The van der Waals surface area contributed by atoms with Crippen LogP contribution in [0.25, 0.3) is 0 Å². The van der Waals surface area contributed by atoms with E-state index in [1.807, 2.05) is 27.7 Å². The highest BCUT2D eigenvalue weighted by Gasteiger charge is 2.52. The van der Waals surface area contributed by atoms with Gasteiger partial charge in [-0.25, -0.2) is 4.98 Å². The summed E-state index contributed by atoms with van der Waals surface area (Å²) in [5, 5.41) is 0. The van der Waals surface area contributed by atoms with Crippen molar-refractivity contribution in [3.8, 4) is 5.88 Å². The van der Waals surface area contributed by atoms with E-state index in [4.69, 9.17) is 14.0 Å². The number of nitrogens with zero attached hydrogens (tertiary/aromatic N) is 1. The van der Waals surface area contributed by atoms with Gasteiger partial charge in [-0.05, 0) is 27.7 Å². The average Bonchev–Trinajstić information content (AvgIpc) is 2.57. The molecule has 110 valence electrons. The molecular formula is C13H20BNO4S. The molecule has 1 fully saturated rings. The van der Waals surface area contributed by atoms with E-state index in [-0.39, 0.29) is 0 Å². The van der Waals surface area contributed by atoms with Crippen molar-refractivity contribution in [2.24, 2.45) is 0 Å². The van der Waals surface area contributed by atoms with Crippen LogP contribution in [-0.2, 0) is 20.1 Å². The van der Waals surface area contributed by atoms with Gasteiger partial charge in [0.1, 0.15) is 0 Å². The molecule has 0 spiro atoms. The first-order valence-electron chi connectivity index (χ1n) is 6.41. The molecule has 20 heavy (non-hydrogen) atoms. The Balaban J connectivity index is 2.45. The van der Waals surface area contributed by atoms with Crippen LogP contribution in [0.15, 0.2) is 17.2 Å². The molecule has 1 aliphatic heterocycles. The molecule has 2 heterocycles. The molecule has 2 rings (SSSR count). The van der Waals surface area contributed by atoms with Crippen LogP contribution in [0.4, 0.5) is 0 Å². The van der Waals surface area contributed by atoms with E-state index >= 15 is 0 Å². The Morgan fingerprint density at radius 2 is 1.80 bits per heavy atom. The Bertz CT molecular complexity index is 531. The van der Waals surface area contributed by atoms with Crippen molar-refractivity contribution >= 4 is 23.4 Å². The molecule has 0 radical (unpaired) electrons. The molecule has 0 aliphatic carbocycles. The summed E-state index contributed by atoms with van der Waals surface area (Å²) in [6, 6.07) is 1.72. The van der Waals surface area contributed by atoms with Crippen molar-refractivity contribution in [2.45, 2.75) is 43.8 Å². The molecule has 1 saturated heterocycles. The fourth-order valence-corrected chi connectivity index (χ4v) is 2.63. The molecule has 5 nitrogen and oxygen atoms in total. The van der Waals surface area contributed by atoms with E-state index in [2.05, 4.69) is 4.98 Å². The number of hydrogen-bond donors (Lipinski definition) is 0. The first kappa shape index (κ1) is 15.5.